The second-order valence-corrected chi connectivity index (χ2v) is 5.39. The molecule has 0 aliphatic rings. The summed E-state index contributed by atoms with van der Waals surface area (Å²) in [5, 5.41) is 15.8. The summed E-state index contributed by atoms with van der Waals surface area (Å²) in [4.78, 5) is 27.3. The molecular weight excluding hydrogens is 318 g/mol. The maximum Gasteiger partial charge on any atom is 0.230 e. The number of carboxylic acids is 1. The Morgan fingerprint density at radius 1 is 1.26 bits per heavy atom. The molecule has 2 rings (SSSR count). The highest BCUT2D eigenvalue weighted by atomic mass is 35.5. The number of quaternary nitrogens is 1. The van der Waals surface area contributed by atoms with Gasteiger partial charge in [-0.2, -0.15) is 0 Å². The van der Waals surface area contributed by atoms with E-state index in [0.717, 1.165) is 5.69 Å². The average molecular weight is 334 g/mol. The molecule has 23 heavy (non-hydrogen) atoms. The van der Waals surface area contributed by atoms with Crippen molar-refractivity contribution in [1.82, 2.24) is 4.98 Å². The van der Waals surface area contributed by atoms with Gasteiger partial charge in [-0.25, -0.2) is 0 Å². The fourth-order valence-electron chi connectivity index (χ4n) is 2.02. The van der Waals surface area contributed by atoms with E-state index in [1.165, 1.54) is 5.32 Å². The first-order chi connectivity index (χ1) is 11.0. The average Bonchev–Trinajstić information content (AvgIpc) is 2.52. The van der Waals surface area contributed by atoms with Crippen LogP contribution in [0.5, 0.6) is 0 Å². The molecule has 0 bridgehead atoms. The minimum Gasteiger partial charge on any atom is -0.544 e. The topological polar surface area (TPSA) is 98.7 Å². The van der Waals surface area contributed by atoms with Gasteiger partial charge in [0.1, 0.15) is 12.6 Å². The highest BCUT2D eigenvalue weighted by Crippen LogP contribution is 2.15. The fraction of sp³-hybridized carbons (Fsp3) is 0.188. The molecule has 0 spiro atoms. The second-order valence-electron chi connectivity index (χ2n) is 4.95. The molecule has 1 heterocycles. The lowest BCUT2D eigenvalue weighted by Gasteiger charge is -2.16. The highest BCUT2D eigenvalue weighted by Gasteiger charge is 2.18. The van der Waals surface area contributed by atoms with Crippen molar-refractivity contribution in [2.45, 2.75) is 19.0 Å². The molecular formula is C16H16ClN3O3. The molecule has 0 saturated heterocycles. The van der Waals surface area contributed by atoms with Crippen molar-refractivity contribution in [3.05, 3.63) is 59.4 Å². The van der Waals surface area contributed by atoms with E-state index >= 15 is 0 Å². The van der Waals surface area contributed by atoms with Crippen LogP contribution in [0.1, 0.15) is 12.1 Å². The highest BCUT2D eigenvalue weighted by molar-refractivity contribution is 6.30. The number of pyridine rings is 1. The third kappa shape index (κ3) is 5.69. The number of benzene rings is 1. The first kappa shape index (κ1) is 16.9. The Balaban J connectivity index is 1.91. The number of aromatic nitrogens is 1. The molecule has 0 radical (unpaired) electrons. The number of amides is 1. The third-order valence-corrected chi connectivity index (χ3v) is 3.39. The van der Waals surface area contributed by atoms with Crippen LogP contribution in [0.3, 0.4) is 0 Å². The number of carboxylic acid groups (broad SMARTS) is 1. The minimum atomic E-state index is -1.29. The molecule has 1 amide bonds. The number of nitrogens with two attached hydrogens (primary N) is 1. The second kappa shape index (κ2) is 8.26. The Morgan fingerprint density at radius 3 is 2.74 bits per heavy atom. The van der Waals surface area contributed by atoms with Gasteiger partial charge in [-0.1, -0.05) is 23.7 Å². The summed E-state index contributed by atoms with van der Waals surface area (Å²) >= 11 is 5.83. The molecule has 1 aromatic carbocycles. The number of rotatable bonds is 7. The maximum atomic E-state index is 12.0. The van der Waals surface area contributed by atoms with Crippen LogP contribution in [-0.4, -0.2) is 22.9 Å². The van der Waals surface area contributed by atoms with Gasteiger partial charge in [0.25, 0.3) is 0 Å². The standard InChI is InChI=1S/C16H16ClN3O3/c17-11-4-3-6-12(8-11)20-15(21)9-14(16(22)23)19-10-13-5-1-2-7-18-13/h1-8,14,19H,9-10H2,(H,20,21)(H,22,23)/t14-/m1/s1. The van der Waals surface area contributed by atoms with Gasteiger partial charge < -0.3 is 20.5 Å². The Morgan fingerprint density at radius 2 is 2.09 bits per heavy atom. The summed E-state index contributed by atoms with van der Waals surface area (Å²) in [5.74, 6) is -1.71. The van der Waals surface area contributed by atoms with Crippen LogP contribution in [0.25, 0.3) is 0 Å². The van der Waals surface area contributed by atoms with E-state index in [1.54, 1.807) is 42.6 Å². The zero-order chi connectivity index (χ0) is 16.7. The predicted octanol–water partition coefficient (Wildman–Crippen LogP) is -0.0543. The molecule has 7 heteroatoms. The Labute approximate surface area is 138 Å². The molecule has 0 saturated carbocycles. The molecule has 0 unspecified atom stereocenters. The van der Waals surface area contributed by atoms with Crippen LogP contribution in [-0.2, 0) is 16.1 Å². The van der Waals surface area contributed by atoms with Crippen molar-refractivity contribution in [3.8, 4) is 0 Å². The number of carbonyl (C=O) groups is 2. The zero-order valence-electron chi connectivity index (χ0n) is 12.2. The van der Waals surface area contributed by atoms with Gasteiger partial charge >= 0.3 is 0 Å². The van der Waals surface area contributed by atoms with Crippen molar-refractivity contribution in [2.24, 2.45) is 0 Å². The molecule has 1 atom stereocenters. The van der Waals surface area contributed by atoms with E-state index < -0.39 is 17.9 Å². The van der Waals surface area contributed by atoms with E-state index in [-0.39, 0.29) is 6.42 Å². The van der Waals surface area contributed by atoms with E-state index in [0.29, 0.717) is 17.3 Å². The van der Waals surface area contributed by atoms with Crippen molar-refractivity contribution >= 4 is 29.2 Å². The lowest BCUT2D eigenvalue weighted by molar-refractivity contribution is -0.697. The number of carbonyl (C=O) groups excluding carboxylic acids is 2. The van der Waals surface area contributed by atoms with E-state index in [1.807, 2.05) is 6.07 Å². The lowest BCUT2D eigenvalue weighted by atomic mass is 10.2. The monoisotopic (exact) mass is 333 g/mol. The van der Waals surface area contributed by atoms with Gasteiger partial charge in [-0.05, 0) is 30.3 Å². The van der Waals surface area contributed by atoms with Gasteiger partial charge in [0, 0.05) is 16.9 Å². The summed E-state index contributed by atoms with van der Waals surface area (Å²) in [6, 6.07) is 11.0. The lowest BCUT2D eigenvalue weighted by Crippen LogP contribution is -2.92. The summed E-state index contributed by atoms with van der Waals surface area (Å²) in [5.41, 5.74) is 1.25. The normalized spacial score (nSPS) is 11.7. The van der Waals surface area contributed by atoms with E-state index in [2.05, 4.69) is 10.3 Å². The fourth-order valence-corrected chi connectivity index (χ4v) is 2.21. The number of halogens is 1. The number of aliphatic carboxylic acids is 1. The molecule has 0 aliphatic carbocycles. The van der Waals surface area contributed by atoms with E-state index in [9.17, 15) is 14.7 Å². The summed E-state index contributed by atoms with van der Waals surface area (Å²) < 4.78 is 0. The van der Waals surface area contributed by atoms with E-state index in [4.69, 9.17) is 11.6 Å². The van der Waals surface area contributed by atoms with Crippen molar-refractivity contribution in [2.75, 3.05) is 5.32 Å². The molecule has 1 aromatic heterocycles. The number of hydrogen-bond donors (Lipinski definition) is 2. The van der Waals surface area contributed by atoms with Gasteiger partial charge in [-0.15, -0.1) is 0 Å². The van der Waals surface area contributed by atoms with Gasteiger partial charge in [-0.3, -0.25) is 9.78 Å². The van der Waals surface area contributed by atoms with Crippen LogP contribution >= 0.6 is 11.6 Å². The zero-order valence-corrected chi connectivity index (χ0v) is 13.0. The maximum absolute atomic E-state index is 12.0. The van der Waals surface area contributed by atoms with Crippen LogP contribution in [0.2, 0.25) is 5.02 Å². The summed E-state index contributed by atoms with van der Waals surface area (Å²) in [6.45, 7) is 0.351. The first-order valence-electron chi connectivity index (χ1n) is 7.04. The molecule has 0 fully saturated rings. The molecule has 120 valence electrons. The number of anilines is 1. The van der Waals surface area contributed by atoms with Crippen molar-refractivity contribution < 1.29 is 20.0 Å². The third-order valence-electron chi connectivity index (χ3n) is 3.15. The predicted molar refractivity (Wildman–Crippen MR) is 83.4 cm³/mol. The number of hydrogen-bond acceptors (Lipinski definition) is 4. The smallest absolute Gasteiger partial charge is 0.230 e. The molecule has 3 N–H and O–H groups in total. The SMILES string of the molecule is O=C(C[C@@H]([NH2+]Cc1ccccn1)C(=O)[O-])Nc1cccc(Cl)c1. The summed E-state index contributed by atoms with van der Waals surface area (Å²) in [6.07, 6.45) is 1.42. The van der Waals surface area contributed by atoms with Crippen LogP contribution in [0, 0.1) is 0 Å². The quantitative estimate of drug-likeness (QED) is 0.742. The van der Waals surface area contributed by atoms with Crippen LogP contribution in [0.4, 0.5) is 5.69 Å². The Hall–Kier alpha value is -2.44. The van der Waals surface area contributed by atoms with Crippen LogP contribution < -0.4 is 15.7 Å². The van der Waals surface area contributed by atoms with Crippen LogP contribution in [0.15, 0.2) is 48.7 Å². The minimum absolute atomic E-state index is 0.207. The molecule has 6 nitrogen and oxygen atoms in total. The number of nitrogens with one attached hydrogen (secondary N) is 1. The Kier molecular flexibility index (Phi) is 6.08. The summed E-state index contributed by atoms with van der Waals surface area (Å²) in [7, 11) is 0. The largest absolute Gasteiger partial charge is 0.544 e. The van der Waals surface area contributed by atoms with Gasteiger partial charge in [0.2, 0.25) is 5.91 Å². The molecule has 0 aliphatic heterocycles. The van der Waals surface area contributed by atoms with Crippen molar-refractivity contribution in [1.29, 1.82) is 0 Å². The van der Waals surface area contributed by atoms with Gasteiger partial charge in [0.05, 0.1) is 18.1 Å². The van der Waals surface area contributed by atoms with Crippen molar-refractivity contribution in [3.63, 3.8) is 0 Å². The Bertz CT molecular complexity index is 679. The molecule has 2 aromatic rings. The first-order valence-corrected chi connectivity index (χ1v) is 7.42. The van der Waals surface area contributed by atoms with Gasteiger partial charge in [0.15, 0.2) is 0 Å². The number of nitrogens with zero attached hydrogens (tertiary/aromatic N) is 1.